The molecule has 0 N–H and O–H groups in total. The second-order valence-electron chi connectivity index (χ2n) is 5.89. The number of para-hydroxylation sites is 1. The van der Waals surface area contributed by atoms with Crippen LogP contribution in [0.1, 0.15) is 32.7 Å². The van der Waals surface area contributed by atoms with E-state index in [4.69, 9.17) is 4.74 Å². The molecule has 0 fully saturated rings. The fraction of sp³-hybridized carbons (Fsp3) is 0.250. The Hall–Kier alpha value is -3.15. The first-order valence-corrected chi connectivity index (χ1v) is 8.34. The SMILES string of the molecule is COC(=O)c1ccccc1C(=O)OCC(=O)N1CCCc2ccccc21. The number of carbonyl (C=O) groups is 3. The Balaban J connectivity index is 1.70. The largest absolute Gasteiger partial charge is 0.465 e. The van der Waals surface area contributed by atoms with Crippen LogP contribution < -0.4 is 4.90 Å². The van der Waals surface area contributed by atoms with Crippen LogP contribution in [0.15, 0.2) is 48.5 Å². The zero-order chi connectivity index (χ0) is 18.5. The minimum atomic E-state index is -0.732. The molecule has 6 heteroatoms. The van der Waals surface area contributed by atoms with Crippen LogP contribution in [0.3, 0.4) is 0 Å². The monoisotopic (exact) mass is 353 g/mol. The fourth-order valence-electron chi connectivity index (χ4n) is 3.02. The molecule has 0 aromatic heterocycles. The molecule has 0 spiro atoms. The van der Waals surface area contributed by atoms with Crippen molar-refractivity contribution in [1.29, 1.82) is 0 Å². The highest BCUT2D eigenvalue weighted by Gasteiger charge is 2.24. The lowest BCUT2D eigenvalue weighted by Gasteiger charge is -2.29. The van der Waals surface area contributed by atoms with Gasteiger partial charge in [-0.15, -0.1) is 0 Å². The van der Waals surface area contributed by atoms with Crippen molar-refractivity contribution in [2.24, 2.45) is 0 Å². The number of methoxy groups -OCH3 is 1. The number of fused-ring (bicyclic) bond motifs is 1. The molecule has 3 rings (SSSR count). The van der Waals surface area contributed by atoms with Crippen LogP contribution >= 0.6 is 0 Å². The van der Waals surface area contributed by atoms with Crippen molar-refractivity contribution in [2.75, 3.05) is 25.2 Å². The van der Waals surface area contributed by atoms with Crippen molar-refractivity contribution in [3.8, 4) is 0 Å². The number of esters is 2. The minimum absolute atomic E-state index is 0.0752. The van der Waals surface area contributed by atoms with Crippen molar-refractivity contribution in [3.05, 3.63) is 65.2 Å². The maximum absolute atomic E-state index is 12.5. The second kappa shape index (κ2) is 7.82. The van der Waals surface area contributed by atoms with Gasteiger partial charge < -0.3 is 14.4 Å². The normalized spacial score (nSPS) is 12.9. The average Bonchev–Trinajstić information content (AvgIpc) is 2.70. The molecule has 0 saturated heterocycles. The summed E-state index contributed by atoms with van der Waals surface area (Å²) in [7, 11) is 1.24. The molecule has 2 aromatic rings. The average molecular weight is 353 g/mol. The van der Waals surface area contributed by atoms with E-state index in [9.17, 15) is 14.4 Å². The summed E-state index contributed by atoms with van der Waals surface area (Å²) in [6, 6.07) is 13.9. The van der Waals surface area contributed by atoms with Gasteiger partial charge in [0.25, 0.3) is 5.91 Å². The van der Waals surface area contributed by atoms with E-state index in [-0.39, 0.29) is 23.6 Å². The summed E-state index contributed by atoms with van der Waals surface area (Å²) in [4.78, 5) is 38.2. The number of carbonyl (C=O) groups excluding carboxylic acids is 3. The van der Waals surface area contributed by atoms with E-state index in [1.807, 2.05) is 24.3 Å². The van der Waals surface area contributed by atoms with Crippen molar-refractivity contribution in [1.82, 2.24) is 0 Å². The zero-order valence-electron chi connectivity index (χ0n) is 14.4. The third-order valence-corrected chi connectivity index (χ3v) is 4.29. The number of anilines is 1. The van der Waals surface area contributed by atoms with E-state index in [1.165, 1.54) is 19.2 Å². The van der Waals surface area contributed by atoms with Crippen molar-refractivity contribution < 1.29 is 23.9 Å². The molecule has 134 valence electrons. The molecule has 2 aromatic carbocycles. The van der Waals surface area contributed by atoms with E-state index < -0.39 is 11.9 Å². The molecule has 0 saturated carbocycles. The molecule has 1 heterocycles. The van der Waals surface area contributed by atoms with Crippen molar-refractivity contribution in [2.45, 2.75) is 12.8 Å². The van der Waals surface area contributed by atoms with E-state index in [1.54, 1.807) is 17.0 Å². The van der Waals surface area contributed by atoms with Crippen LogP contribution in [0.2, 0.25) is 0 Å². The molecule has 26 heavy (non-hydrogen) atoms. The Labute approximate surface area is 151 Å². The van der Waals surface area contributed by atoms with Crippen LogP contribution in [-0.4, -0.2) is 38.1 Å². The topological polar surface area (TPSA) is 72.9 Å². The van der Waals surface area contributed by atoms with E-state index >= 15 is 0 Å². The van der Waals surface area contributed by atoms with E-state index in [0.29, 0.717) is 6.54 Å². The number of benzene rings is 2. The lowest BCUT2D eigenvalue weighted by atomic mass is 10.0. The highest BCUT2D eigenvalue weighted by Crippen LogP contribution is 2.26. The third-order valence-electron chi connectivity index (χ3n) is 4.29. The molecule has 0 unspecified atom stereocenters. The van der Waals surface area contributed by atoms with Gasteiger partial charge in [0.1, 0.15) is 0 Å². The van der Waals surface area contributed by atoms with Gasteiger partial charge in [-0.25, -0.2) is 9.59 Å². The summed E-state index contributed by atoms with van der Waals surface area (Å²) >= 11 is 0. The molecule has 0 aliphatic carbocycles. The lowest BCUT2D eigenvalue weighted by Crippen LogP contribution is -2.38. The summed E-state index contributed by atoms with van der Waals surface area (Å²) in [6.07, 6.45) is 1.79. The van der Waals surface area contributed by atoms with Crippen LogP contribution in [-0.2, 0) is 20.7 Å². The molecule has 0 radical (unpaired) electrons. The summed E-state index contributed by atoms with van der Waals surface area (Å²) in [6.45, 7) is 0.203. The molecule has 1 aliphatic heterocycles. The van der Waals surface area contributed by atoms with Crippen LogP contribution in [0.4, 0.5) is 5.69 Å². The maximum atomic E-state index is 12.5. The number of nitrogens with zero attached hydrogens (tertiary/aromatic N) is 1. The molecule has 1 amide bonds. The number of hydrogen-bond acceptors (Lipinski definition) is 5. The Morgan fingerprint density at radius 3 is 2.35 bits per heavy atom. The molecule has 0 atom stereocenters. The Morgan fingerprint density at radius 1 is 0.962 bits per heavy atom. The van der Waals surface area contributed by atoms with Gasteiger partial charge in [-0.3, -0.25) is 4.79 Å². The quantitative estimate of drug-likeness (QED) is 0.790. The number of ether oxygens (including phenoxy) is 2. The van der Waals surface area contributed by atoms with Crippen LogP contribution in [0.25, 0.3) is 0 Å². The summed E-state index contributed by atoms with van der Waals surface area (Å²) < 4.78 is 9.82. The van der Waals surface area contributed by atoms with Gasteiger partial charge in [0.2, 0.25) is 0 Å². The summed E-state index contributed by atoms with van der Waals surface area (Å²) in [5.74, 6) is -1.65. The number of amides is 1. The molecule has 6 nitrogen and oxygen atoms in total. The first-order chi connectivity index (χ1) is 12.6. The Bertz CT molecular complexity index is 846. The van der Waals surface area contributed by atoms with E-state index in [0.717, 1.165) is 24.1 Å². The predicted molar refractivity (Wildman–Crippen MR) is 95.2 cm³/mol. The first kappa shape index (κ1) is 17.7. The Morgan fingerprint density at radius 2 is 1.62 bits per heavy atom. The zero-order valence-corrected chi connectivity index (χ0v) is 14.4. The molecule has 1 aliphatic rings. The van der Waals surface area contributed by atoms with Gasteiger partial charge >= 0.3 is 11.9 Å². The maximum Gasteiger partial charge on any atom is 0.339 e. The van der Waals surface area contributed by atoms with Gasteiger partial charge in [0, 0.05) is 12.2 Å². The van der Waals surface area contributed by atoms with E-state index in [2.05, 4.69) is 4.74 Å². The van der Waals surface area contributed by atoms with Crippen LogP contribution in [0, 0.1) is 0 Å². The number of hydrogen-bond donors (Lipinski definition) is 0. The van der Waals surface area contributed by atoms with Gasteiger partial charge in [-0.2, -0.15) is 0 Å². The second-order valence-corrected chi connectivity index (χ2v) is 5.89. The molecular formula is C20H19NO5. The summed E-state index contributed by atoms with van der Waals surface area (Å²) in [5.41, 5.74) is 2.14. The molecular weight excluding hydrogens is 334 g/mol. The molecule has 0 bridgehead atoms. The third kappa shape index (κ3) is 3.59. The van der Waals surface area contributed by atoms with Gasteiger partial charge in [0.15, 0.2) is 6.61 Å². The smallest absolute Gasteiger partial charge is 0.339 e. The minimum Gasteiger partial charge on any atom is -0.465 e. The standard InChI is InChI=1S/C20H19NO5/c1-25-19(23)15-9-3-4-10-16(15)20(24)26-13-18(22)21-12-6-8-14-7-2-5-11-17(14)21/h2-5,7,9-11H,6,8,12-13H2,1H3. The van der Waals surface area contributed by atoms with Crippen molar-refractivity contribution in [3.63, 3.8) is 0 Å². The lowest BCUT2D eigenvalue weighted by molar-refractivity contribution is -0.121. The number of rotatable bonds is 4. The Kier molecular flexibility index (Phi) is 5.31. The van der Waals surface area contributed by atoms with Gasteiger partial charge in [-0.1, -0.05) is 30.3 Å². The number of aryl methyl sites for hydroxylation is 1. The highest BCUT2D eigenvalue weighted by molar-refractivity contribution is 6.04. The predicted octanol–water partition coefficient (Wildman–Crippen LogP) is 2.61. The fourth-order valence-corrected chi connectivity index (χ4v) is 3.02. The van der Waals surface area contributed by atoms with Crippen LogP contribution in [0.5, 0.6) is 0 Å². The van der Waals surface area contributed by atoms with Gasteiger partial charge in [-0.05, 0) is 36.6 Å². The first-order valence-electron chi connectivity index (χ1n) is 8.34. The van der Waals surface area contributed by atoms with Gasteiger partial charge in [0.05, 0.1) is 18.2 Å². The highest BCUT2D eigenvalue weighted by atomic mass is 16.5. The van der Waals surface area contributed by atoms with Crippen molar-refractivity contribution >= 4 is 23.5 Å². The summed E-state index contributed by atoms with van der Waals surface area (Å²) in [5, 5.41) is 0.